The minimum Gasteiger partial charge on any atom is -0.466 e. The van der Waals surface area contributed by atoms with Crippen LogP contribution < -0.4 is 10.6 Å². The highest BCUT2D eigenvalue weighted by Crippen LogP contribution is 2.36. The number of furan rings is 1. The molecule has 0 radical (unpaired) electrons. The van der Waals surface area contributed by atoms with Crippen LogP contribution in [0.5, 0.6) is 0 Å². The Balaban J connectivity index is 2.07. The Hall–Kier alpha value is -2.23. The van der Waals surface area contributed by atoms with Crippen LogP contribution in [0.4, 0.5) is 11.4 Å². The normalized spacial score (nSPS) is 17.1. The van der Waals surface area contributed by atoms with Gasteiger partial charge in [0, 0.05) is 23.0 Å². The zero-order valence-corrected chi connectivity index (χ0v) is 12.9. The first kappa shape index (κ1) is 13.7. The first-order chi connectivity index (χ1) is 9.90. The molecule has 1 aliphatic heterocycles. The Morgan fingerprint density at radius 2 is 2.00 bits per heavy atom. The average molecular weight is 284 g/mol. The van der Waals surface area contributed by atoms with E-state index in [1.807, 2.05) is 43.9 Å². The van der Waals surface area contributed by atoms with Gasteiger partial charge in [-0.05, 0) is 57.9 Å². The van der Waals surface area contributed by atoms with Gasteiger partial charge in [0.25, 0.3) is 5.91 Å². The Morgan fingerprint density at radius 1 is 1.29 bits per heavy atom. The van der Waals surface area contributed by atoms with Gasteiger partial charge >= 0.3 is 0 Å². The fourth-order valence-electron chi connectivity index (χ4n) is 3.19. The van der Waals surface area contributed by atoms with Crippen molar-refractivity contribution in [2.45, 2.75) is 40.2 Å². The lowest BCUT2D eigenvalue weighted by Crippen LogP contribution is -2.36. The highest BCUT2D eigenvalue weighted by Gasteiger charge is 2.34. The number of nitrogen functional groups attached to an aromatic ring is 1. The molecule has 1 amide bonds. The molecule has 110 valence electrons. The fraction of sp³-hybridized carbons (Fsp3) is 0.353. The molecule has 0 fully saturated rings. The number of amides is 1. The highest BCUT2D eigenvalue weighted by atomic mass is 16.3. The molecule has 1 aromatic carbocycles. The van der Waals surface area contributed by atoms with Crippen LogP contribution in [0.15, 0.2) is 22.6 Å². The largest absolute Gasteiger partial charge is 0.466 e. The zero-order valence-electron chi connectivity index (χ0n) is 12.9. The number of anilines is 2. The number of hydrogen-bond donors (Lipinski definition) is 1. The number of benzene rings is 1. The Kier molecular flexibility index (Phi) is 3.04. The van der Waals surface area contributed by atoms with E-state index in [9.17, 15) is 4.79 Å². The third kappa shape index (κ3) is 2.02. The van der Waals surface area contributed by atoms with Gasteiger partial charge in [0.1, 0.15) is 11.5 Å². The number of nitrogens with zero attached hydrogens (tertiary/aromatic N) is 1. The third-order valence-corrected chi connectivity index (χ3v) is 4.31. The predicted octanol–water partition coefficient (Wildman–Crippen LogP) is 3.38. The number of aryl methyl sites for hydroxylation is 2. The monoisotopic (exact) mass is 284 g/mol. The maximum absolute atomic E-state index is 13.0. The molecule has 0 aliphatic carbocycles. The second-order valence-corrected chi connectivity index (χ2v) is 5.83. The van der Waals surface area contributed by atoms with E-state index >= 15 is 0 Å². The second-order valence-electron chi connectivity index (χ2n) is 5.83. The van der Waals surface area contributed by atoms with Gasteiger partial charge in [-0.25, -0.2) is 0 Å². The van der Waals surface area contributed by atoms with Crippen molar-refractivity contribution in [3.05, 3.63) is 46.4 Å². The van der Waals surface area contributed by atoms with E-state index in [4.69, 9.17) is 10.2 Å². The minimum absolute atomic E-state index is 0.0119. The molecular formula is C17H20N2O2. The van der Waals surface area contributed by atoms with Gasteiger partial charge in [0.15, 0.2) is 0 Å². The van der Waals surface area contributed by atoms with E-state index in [1.54, 1.807) is 0 Å². The minimum atomic E-state index is 0.0119. The van der Waals surface area contributed by atoms with E-state index < -0.39 is 0 Å². The van der Waals surface area contributed by atoms with Gasteiger partial charge < -0.3 is 15.1 Å². The van der Waals surface area contributed by atoms with Crippen LogP contribution in [0.2, 0.25) is 0 Å². The van der Waals surface area contributed by atoms with E-state index in [0.717, 1.165) is 34.7 Å². The van der Waals surface area contributed by atoms with Crippen LogP contribution >= 0.6 is 0 Å². The predicted molar refractivity (Wildman–Crippen MR) is 83.7 cm³/mol. The Morgan fingerprint density at radius 3 is 2.62 bits per heavy atom. The smallest absolute Gasteiger partial charge is 0.262 e. The van der Waals surface area contributed by atoms with E-state index in [2.05, 4.69) is 6.92 Å². The summed E-state index contributed by atoms with van der Waals surface area (Å²) in [5.41, 5.74) is 10.3. The summed E-state index contributed by atoms with van der Waals surface area (Å²) < 4.78 is 5.60. The van der Waals surface area contributed by atoms with Gasteiger partial charge in [-0.15, -0.1) is 0 Å². The third-order valence-electron chi connectivity index (χ3n) is 4.31. The molecule has 2 N–H and O–H groups in total. The van der Waals surface area contributed by atoms with Crippen LogP contribution in [0.1, 0.15) is 39.9 Å². The summed E-state index contributed by atoms with van der Waals surface area (Å²) in [6.07, 6.45) is 0.834. The molecule has 2 heterocycles. The molecule has 0 spiro atoms. The van der Waals surface area contributed by atoms with Crippen molar-refractivity contribution in [2.75, 3.05) is 10.6 Å². The molecule has 1 unspecified atom stereocenters. The summed E-state index contributed by atoms with van der Waals surface area (Å²) >= 11 is 0. The van der Waals surface area contributed by atoms with Crippen molar-refractivity contribution in [1.82, 2.24) is 0 Å². The lowest BCUT2D eigenvalue weighted by atomic mass is 10.1. The maximum Gasteiger partial charge on any atom is 0.262 e. The van der Waals surface area contributed by atoms with Crippen molar-refractivity contribution in [3.8, 4) is 0 Å². The van der Waals surface area contributed by atoms with E-state index in [1.165, 1.54) is 0 Å². The summed E-state index contributed by atoms with van der Waals surface area (Å²) in [6.45, 7) is 7.73. The summed E-state index contributed by atoms with van der Waals surface area (Å²) in [5, 5.41) is 0. The van der Waals surface area contributed by atoms with Gasteiger partial charge in [0.2, 0.25) is 0 Å². The SMILES string of the molecule is Cc1oc(C)c(C(=O)N2c3ccc(N)cc3CC2C)c1C. The number of rotatable bonds is 1. The van der Waals surface area contributed by atoms with Gasteiger partial charge in [-0.1, -0.05) is 0 Å². The number of carbonyl (C=O) groups excluding carboxylic acids is 1. The number of hydrogen-bond acceptors (Lipinski definition) is 3. The molecule has 1 aliphatic rings. The fourth-order valence-corrected chi connectivity index (χ4v) is 3.19. The van der Waals surface area contributed by atoms with Gasteiger partial charge in [-0.3, -0.25) is 4.79 Å². The average Bonchev–Trinajstić information content (AvgIpc) is 2.85. The van der Waals surface area contributed by atoms with Crippen LogP contribution in [0.3, 0.4) is 0 Å². The Bertz CT molecular complexity index is 731. The molecule has 0 saturated heterocycles. The van der Waals surface area contributed by atoms with Gasteiger partial charge in [-0.2, -0.15) is 0 Å². The molecule has 2 aromatic rings. The molecular weight excluding hydrogens is 264 g/mol. The molecule has 0 saturated carbocycles. The molecule has 4 nitrogen and oxygen atoms in total. The first-order valence-corrected chi connectivity index (χ1v) is 7.18. The van der Waals surface area contributed by atoms with Crippen LogP contribution in [-0.2, 0) is 6.42 Å². The summed E-state index contributed by atoms with van der Waals surface area (Å²) in [4.78, 5) is 14.9. The summed E-state index contributed by atoms with van der Waals surface area (Å²) in [6, 6.07) is 5.86. The number of nitrogens with two attached hydrogens (primary N) is 1. The summed E-state index contributed by atoms with van der Waals surface area (Å²) in [7, 11) is 0. The zero-order chi connectivity index (χ0) is 15.3. The van der Waals surface area contributed by atoms with Crippen molar-refractivity contribution in [2.24, 2.45) is 0 Å². The van der Waals surface area contributed by atoms with Crippen LogP contribution in [-0.4, -0.2) is 11.9 Å². The number of carbonyl (C=O) groups is 1. The van der Waals surface area contributed by atoms with Crippen molar-refractivity contribution in [3.63, 3.8) is 0 Å². The molecule has 0 bridgehead atoms. The van der Waals surface area contributed by atoms with Crippen molar-refractivity contribution in [1.29, 1.82) is 0 Å². The lowest BCUT2D eigenvalue weighted by molar-refractivity contribution is 0.0979. The second kappa shape index (κ2) is 4.65. The molecule has 4 heteroatoms. The first-order valence-electron chi connectivity index (χ1n) is 7.18. The highest BCUT2D eigenvalue weighted by molar-refractivity contribution is 6.09. The molecule has 21 heavy (non-hydrogen) atoms. The van der Waals surface area contributed by atoms with E-state index in [-0.39, 0.29) is 11.9 Å². The van der Waals surface area contributed by atoms with Crippen LogP contribution in [0, 0.1) is 20.8 Å². The quantitative estimate of drug-likeness (QED) is 0.817. The number of fused-ring (bicyclic) bond motifs is 1. The summed E-state index contributed by atoms with van der Waals surface area (Å²) in [5.74, 6) is 1.50. The Labute approximate surface area is 124 Å². The van der Waals surface area contributed by atoms with E-state index in [0.29, 0.717) is 11.3 Å². The van der Waals surface area contributed by atoms with Crippen molar-refractivity contribution >= 4 is 17.3 Å². The standard InChI is InChI=1S/C17H20N2O2/c1-9-7-13-8-14(18)5-6-15(13)19(9)17(20)16-10(2)11(3)21-12(16)4/h5-6,8-9H,7,18H2,1-4H3. The maximum atomic E-state index is 13.0. The molecule has 3 rings (SSSR count). The van der Waals surface area contributed by atoms with Crippen LogP contribution in [0.25, 0.3) is 0 Å². The van der Waals surface area contributed by atoms with Crippen molar-refractivity contribution < 1.29 is 9.21 Å². The van der Waals surface area contributed by atoms with Gasteiger partial charge in [0.05, 0.1) is 5.56 Å². The topological polar surface area (TPSA) is 59.5 Å². The molecule has 1 atom stereocenters. The lowest BCUT2D eigenvalue weighted by Gasteiger charge is -2.23. The molecule has 1 aromatic heterocycles.